The van der Waals surface area contributed by atoms with Gasteiger partial charge in [0.05, 0.1) is 24.1 Å². The van der Waals surface area contributed by atoms with Crippen LogP contribution in [0.15, 0.2) is 6.33 Å². The van der Waals surface area contributed by atoms with Gasteiger partial charge < -0.3 is 5.73 Å². The van der Waals surface area contributed by atoms with Crippen molar-refractivity contribution in [1.82, 2.24) is 14.8 Å². The first-order valence-corrected chi connectivity index (χ1v) is 6.23. The Bertz CT molecular complexity index is 425. The molecule has 2 N–H and O–H groups in total. The second-order valence-electron chi connectivity index (χ2n) is 3.40. The zero-order valence-corrected chi connectivity index (χ0v) is 8.44. The Morgan fingerprint density at radius 2 is 2.43 bits per heavy atom. The molecular weight excluding hydrogens is 204 g/mol. The minimum atomic E-state index is -2.86. The Labute approximate surface area is 82.0 Å². The summed E-state index contributed by atoms with van der Waals surface area (Å²) in [6.07, 6.45) is 2.17. The lowest BCUT2D eigenvalue weighted by Crippen LogP contribution is -2.12. The summed E-state index contributed by atoms with van der Waals surface area (Å²) in [5.41, 5.74) is 5.36. The zero-order chi connectivity index (χ0) is 10.2. The lowest BCUT2D eigenvalue weighted by Gasteiger charge is -2.05. The van der Waals surface area contributed by atoms with Crippen LogP contribution < -0.4 is 5.73 Å². The monoisotopic (exact) mass is 216 g/mol. The van der Waals surface area contributed by atoms with E-state index in [-0.39, 0.29) is 24.1 Å². The molecule has 1 aliphatic heterocycles. The molecule has 7 heteroatoms. The maximum atomic E-state index is 11.2. The Balaban J connectivity index is 2.17. The van der Waals surface area contributed by atoms with Crippen LogP contribution in [0, 0.1) is 0 Å². The van der Waals surface area contributed by atoms with E-state index in [0.29, 0.717) is 12.2 Å². The van der Waals surface area contributed by atoms with Gasteiger partial charge in [0.2, 0.25) is 0 Å². The third kappa shape index (κ3) is 1.78. The molecular formula is C7H12N4O2S. The topological polar surface area (TPSA) is 90.9 Å². The number of aromatic nitrogens is 3. The third-order valence-electron chi connectivity index (χ3n) is 2.32. The summed E-state index contributed by atoms with van der Waals surface area (Å²) >= 11 is 0. The molecule has 0 aliphatic carbocycles. The second-order valence-corrected chi connectivity index (χ2v) is 5.63. The number of hydrogen-bond donors (Lipinski definition) is 1. The Morgan fingerprint density at radius 1 is 1.64 bits per heavy atom. The minimum absolute atomic E-state index is 0.0622. The predicted octanol–water partition coefficient (Wildman–Crippen LogP) is -0.904. The highest BCUT2D eigenvalue weighted by Crippen LogP contribution is 2.22. The number of rotatable bonds is 2. The van der Waals surface area contributed by atoms with Crippen LogP contribution in [-0.2, 0) is 16.4 Å². The van der Waals surface area contributed by atoms with Crippen molar-refractivity contribution in [1.29, 1.82) is 0 Å². The van der Waals surface area contributed by atoms with Crippen molar-refractivity contribution in [2.24, 2.45) is 5.73 Å². The average Bonchev–Trinajstić information content (AvgIpc) is 2.70. The number of nitrogens with two attached hydrogens (primary N) is 1. The molecule has 0 spiro atoms. The number of nitrogens with zero attached hydrogens (tertiary/aromatic N) is 3. The molecule has 0 bridgehead atoms. The third-order valence-corrected chi connectivity index (χ3v) is 4.07. The summed E-state index contributed by atoms with van der Waals surface area (Å²) < 4.78 is 24.0. The SMILES string of the molecule is NCc1ncn(C2CCS(=O)(=O)C2)n1. The first-order valence-electron chi connectivity index (χ1n) is 4.41. The van der Waals surface area contributed by atoms with Gasteiger partial charge in [-0.1, -0.05) is 0 Å². The van der Waals surface area contributed by atoms with E-state index in [1.54, 1.807) is 11.0 Å². The summed E-state index contributed by atoms with van der Waals surface area (Å²) in [4.78, 5) is 3.96. The Hall–Kier alpha value is -0.950. The van der Waals surface area contributed by atoms with E-state index >= 15 is 0 Å². The summed E-state index contributed by atoms with van der Waals surface area (Å²) in [5.74, 6) is 0.963. The van der Waals surface area contributed by atoms with Crippen LogP contribution in [0.3, 0.4) is 0 Å². The molecule has 1 unspecified atom stereocenters. The van der Waals surface area contributed by atoms with Crippen LogP contribution in [0.25, 0.3) is 0 Å². The molecule has 0 aromatic carbocycles. The van der Waals surface area contributed by atoms with Gasteiger partial charge in [0, 0.05) is 0 Å². The van der Waals surface area contributed by atoms with Gasteiger partial charge in [-0.2, -0.15) is 5.10 Å². The van der Waals surface area contributed by atoms with Gasteiger partial charge in [-0.15, -0.1) is 0 Å². The molecule has 1 saturated heterocycles. The maximum absolute atomic E-state index is 11.2. The largest absolute Gasteiger partial charge is 0.324 e. The molecule has 1 atom stereocenters. The first-order chi connectivity index (χ1) is 6.61. The van der Waals surface area contributed by atoms with Crippen molar-refractivity contribution in [3.05, 3.63) is 12.2 Å². The molecule has 1 aromatic rings. The quantitative estimate of drug-likeness (QED) is 0.691. The van der Waals surface area contributed by atoms with Crippen molar-refractivity contribution in [2.45, 2.75) is 19.0 Å². The van der Waals surface area contributed by atoms with E-state index < -0.39 is 9.84 Å². The summed E-state index contributed by atoms with van der Waals surface area (Å²) in [5, 5.41) is 4.09. The highest BCUT2D eigenvalue weighted by atomic mass is 32.2. The normalized spacial score (nSPS) is 25.4. The average molecular weight is 216 g/mol. The molecule has 1 aliphatic rings. The lowest BCUT2D eigenvalue weighted by atomic mass is 10.3. The van der Waals surface area contributed by atoms with Crippen LogP contribution in [-0.4, -0.2) is 34.7 Å². The highest BCUT2D eigenvalue weighted by molar-refractivity contribution is 7.91. The fraction of sp³-hybridized carbons (Fsp3) is 0.714. The van der Waals surface area contributed by atoms with Gasteiger partial charge in [-0.25, -0.2) is 18.1 Å². The standard InChI is InChI=1S/C7H12N4O2S/c8-3-7-9-5-11(10-7)6-1-2-14(12,13)4-6/h5-6H,1-4,8H2. The molecule has 14 heavy (non-hydrogen) atoms. The van der Waals surface area contributed by atoms with Gasteiger partial charge in [0.15, 0.2) is 15.7 Å². The van der Waals surface area contributed by atoms with E-state index in [0.717, 1.165) is 0 Å². The Morgan fingerprint density at radius 3 is 2.93 bits per heavy atom. The van der Waals surface area contributed by atoms with Crippen LogP contribution in [0.5, 0.6) is 0 Å². The fourth-order valence-corrected chi connectivity index (χ4v) is 3.27. The molecule has 0 saturated carbocycles. The maximum Gasteiger partial charge on any atom is 0.164 e. The molecule has 78 valence electrons. The van der Waals surface area contributed by atoms with E-state index in [1.807, 2.05) is 0 Å². The molecule has 2 rings (SSSR count). The first kappa shape index (κ1) is 9.60. The smallest absolute Gasteiger partial charge is 0.164 e. The molecule has 1 fully saturated rings. The molecule has 0 amide bonds. The van der Waals surface area contributed by atoms with Crippen LogP contribution >= 0.6 is 0 Å². The van der Waals surface area contributed by atoms with Gasteiger partial charge in [0.1, 0.15) is 6.33 Å². The molecule has 0 radical (unpaired) electrons. The fourth-order valence-electron chi connectivity index (χ4n) is 1.56. The van der Waals surface area contributed by atoms with E-state index in [1.165, 1.54) is 0 Å². The van der Waals surface area contributed by atoms with Crippen molar-refractivity contribution < 1.29 is 8.42 Å². The van der Waals surface area contributed by atoms with Crippen molar-refractivity contribution in [3.63, 3.8) is 0 Å². The second kappa shape index (κ2) is 3.32. The number of hydrogen-bond acceptors (Lipinski definition) is 5. The van der Waals surface area contributed by atoms with Gasteiger partial charge in [-0.3, -0.25) is 0 Å². The molecule has 6 nitrogen and oxygen atoms in total. The van der Waals surface area contributed by atoms with Crippen LogP contribution in [0.4, 0.5) is 0 Å². The highest BCUT2D eigenvalue weighted by Gasteiger charge is 2.29. The van der Waals surface area contributed by atoms with E-state index in [9.17, 15) is 8.42 Å². The van der Waals surface area contributed by atoms with Gasteiger partial charge in [-0.05, 0) is 6.42 Å². The zero-order valence-electron chi connectivity index (χ0n) is 7.63. The van der Waals surface area contributed by atoms with Crippen molar-refractivity contribution in [2.75, 3.05) is 11.5 Å². The summed E-state index contributed by atoms with van der Waals surface area (Å²) in [6.45, 7) is 0.284. The van der Waals surface area contributed by atoms with E-state index in [2.05, 4.69) is 10.1 Å². The number of sulfone groups is 1. The lowest BCUT2D eigenvalue weighted by molar-refractivity contribution is 0.494. The van der Waals surface area contributed by atoms with Gasteiger partial charge >= 0.3 is 0 Å². The Kier molecular flexibility index (Phi) is 2.28. The van der Waals surface area contributed by atoms with Crippen LogP contribution in [0.2, 0.25) is 0 Å². The van der Waals surface area contributed by atoms with E-state index in [4.69, 9.17) is 5.73 Å². The van der Waals surface area contributed by atoms with Gasteiger partial charge in [0.25, 0.3) is 0 Å². The van der Waals surface area contributed by atoms with Crippen molar-refractivity contribution in [3.8, 4) is 0 Å². The molecule has 1 aromatic heterocycles. The predicted molar refractivity (Wildman–Crippen MR) is 50.2 cm³/mol. The van der Waals surface area contributed by atoms with Crippen molar-refractivity contribution >= 4 is 9.84 Å². The minimum Gasteiger partial charge on any atom is -0.324 e. The summed E-state index contributed by atoms with van der Waals surface area (Å²) in [6, 6.07) is -0.0622. The van der Waals surface area contributed by atoms with Crippen LogP contribution in [0.1, 0.15) is 18.3 Å². The summed E-state index contributed by atoms with van der Waals surface area (Å²) in [7, 11) is -2.86. The molecule has 2 heterocycles.